The Morgan fingerprint density at radius 1 is 1.36 bits per heavy atom. The van der Waals surface area contributed by atoms with Gasteiger partial charge in [0.05, 0.1) is 5.69 Å². The highest BCUT2D eigenvalue weighted by atomic mass is 19.3. The van der Waals surface area contributed by atoms with Gasteiger partial charge < -0.3 is 5.32 Å². The maximum absolute atomic E-state index is 12.4. The van der Waals surface area contributed by atoms with Gasteiger partial charge in [0, 0.05) is 25.4 Å². The summed E-state index contributed by atoms with van der Waals surface area (Å²) in [6, 6.07) is 0. The maximum Gasteiger partial charge on any atom is 0.247 e. The van der Waals surface area contributed by atoms with Crippen molar-refractivity contribution in [1.29, 1.82) is 0 Å². The lowest BCUT2D eigenvalue weighted by Gasteiger charge is -2.11. The Bertz CT molecular complexity index is 296. The Labute approximate surface area is 81.6 Å². The predicted octanol–water partition coefficient (Wildman–Crippen LogP) is 2.24. The summed E-state index contributed by atoms with van der Waals surface area (Å²) in [5, 5.41) is 2.82. The van der Waals surface area contributed by atoms with Crippen LogP contribution >= 0.6 is 0 Å². The molecule has 0 aromatic carbocycles. The molecule has 0 saturated heterocycles. The van der Waals surface area contributed by atoms with E-state index < -0.39 is 5.92 Å². The van der Waals surface area contributed by atoms with Crippen LogP contribution in [-0.4, -0.2) is 22.4 Å². The third-order valence-corrected chi connectivity index (χ3v) is 1.74. The van der Waals surface area contributed by atoms with E-state index in [0.717, 1.165) is 6.92 Å². The number of aryl methyl sites for hydroxylation is 1. The molecule has 0 saturated carbocycles. The summed E-state index contributed by atoms with van der Waals surface area (Å²) in [6.45, 7) is 2.88. The zero-order valence-corrected chi connectivity index (χ0v) is 8.22. The smallest absolute Gasteiger partial charge is 0.247 e. The fourth-order valence-electron chi connectivity index (χ4n) is 0.982. The largest absolute Gasteiger partial charge is 0.368 e. The molecule has 0 bridgehead atoms. The van der Waals surface area contributed by atoms with E-state index in [1.165, 1.54) is 6.20 Å². The normalized spacial score (nSPS) is 11.4. The molecule has 0 spiro atoms. The van der Waals surface area contributed by atoms with Gasteiger partial charge in [-0.2, -0.15) is 0 Å². The number of aromatic nitrogens is 2. The second kappa shape index (κ2) is 4.30. The summed E-state index contributed by atoms with van der Waals surface area (Å²) in [5.74, 6) is -2.07. The monoisotopic (exact) mass is 201 g/mol. The molecule has 0 aliphatic carbocycles. The van der Waals surface area contributed by atoms with Crippen molar-refractivity contribution < 1.29 is 8.78 Å². The summed E-state index contributed by atoms with van der Waals surface area (Å²) in [4.78, 5) is 7.96. The van der Waals surface area contributed by atoms with Crippen LogP contribution in [0.1, 0.15) is 19.0 Å². The van der Waals surface area contributed by atoms with Crippen molar-refractivity contribution in [2.45, 2.75) is 26.2 Å². The fourth-order valence-corrected chi connectivity index (χ4v) is 0.982. The van der Waals surface area contributed by atoms with Crippen molar-refractivity contribution in [2.24, 2.45) is 0 Å². The number of rotatable bonds is 4. The highest BCUT2D eigenvalue weighted by molar-refractivity contribution is 5.37. The summed E-state index contributed by atoms with van der Waals surface area (Å²) < 4.78 is 24.9. The molecule has 0 unspecified atom stereocenters. The molecule has 0 amide bonds. The van der Waals surface area contributed by atoms with E-state index in [4.69, 9.17) is 0 Å². The van der Waals surface area contributed by atoms with Crippen LogP contribution in [-0.2, 0) is 0 Å². The van der Waals surface area contributed by atoms with E-state index in [0.29, 0.717) is 11.5 Å². The van der Waals surface area contributed by atoms with Crippen molar-refractivity contribution in [2.75, 3.05) is 11.9 Å². The maximum atomic E-state index is 12.4. The van der Waals surface area contributed by atoms with E-state index in [1.54, 1.807) is 13.1 Å². The SMILES string of the molecule is Cc1nccnc1NCCC(C)(F)F. The van der Waals surface area contributed by atoms with Crippen LogP contribution in [0.3, 0.4) is 0 Å². The first kappa shape index (κ1) is 10.8. The van der Waals surface area contributed by atoms with Crippen molar-refractivity contribution in [1.82, 2.24) is 9.97 Å². The molecule has 1 heterocycles. The third-order valence-electron chi connectivity index (χ3n) is 1.74. The van der Waals surface area contributed by atoms with Crippen LogP contribution < -0.4 is 5.32 Å². The first-order chi connectivity index (χ1) is 6.49. The molecule has 0 fully saturated rings. The summed E-state index contributed by atoms with van der Waals surface area (Å²) in [6.07, 6.45) is 2.89. The first-order valence-corrected chi connectivity index (χ1v) is 4.38. The summed E-state index contributed by atoms with van der Waals surface area (Å²) in [5.41, 5.74) is 0.715. The third kappa shape index (κ3) is 3.64. The Morgan fingerprint density at radius 3 is 2.57 bits per heavy atom. The van der Waals surface area contributed by atoms with E-state index in [2.05, 4.69) is 15.3 Å². The Balaban J connectivity index is 2.43. The topological polar surface area (TPSA) is 37.8 Å². The molecule has 1 aromatic rings. The average molecular weight is 201 g/mol. The second-order valence-electron chi connectivity index (χ2n) is 3.24. The quantitative estimate of drug-likeness (QED) is 0.811. The summed E-state index contributed by atoms with van der Waals surface area (Å²) >= 11 is 0. The van der Waals surface area contributed by atoms with Crippen LogP contribution in [0.4, 0.5) is 14.6 Å². The van der Waals surface area contributed by atoms with Crippen LogP contribution in [0.25, 0.3) is 0 Å². The van der Waals surface area contributed by atoms with Gasteiger partial charge in [-0.25, -0.2) is 13.8 Å². The highest BCUT2D eigenvalue weighted by Gasteiger charge is 2.19. The molecular formula is C9H13F2N3. The lowest BCUT2D eigenvalue weighted by atomic mass is 10.3. The lowest BCUT2D eigenvalue weighted by molar-refractivity contribution is 0.0166. The molecule has 0 aliphatic heterocycles. The molecule has 1 rings (SSSR count). The molecule has 78 valence electrons. The van der Waals surface area contributed by atoms with Gasteiger partial charge in [0.25, 0.3) is 0 Å². The average Bonchev–Trinajstić information content (AvgIpc) is 2.06. The zero-order chi connectivity index (χ0) is 10.6. The minimum atomic E-state index is -2.64. The fraction of sp³-hybridized carbons (Fsp3) is 0.556. The van der Waals surface area contributed by atoms with Crippen LogP contribution in [0.2, 0.25) is 0 Å². The van der Waals surface area contributed by atoms with Crippen LogP contribution in [0, 0.1) is 6.92 Å². The minimum Gasteiger partial charge on any atom is -0.368 e. The standard InChI is InChI=1S/C9H13F2N3/c1-7-8(14-6-5-12-7)13-4-3-9(2,10)11/h5-6H,3-4H2,1-2H3,(H,13,14). The van der Waals surface area contributed by atoms with Gasteiger partial charge in [0.15, 0.2) is 0 Å². The Hall–Kier alpha value is -1.26. The zero-order valence-electron chi connectivity index (χ0n) is 8.22. The van der Waals surface area contributed by atoms with Gasteiger partial charge in [0.1, 0.15) is 5.82 Å². The number of halogens is 2. The molecule has 14 heavy (non-hydrogen) atoms. The van der Waals surface area contributed by atoms with Crippen molar-refractivity contribution >= 4 is 5.82 Å². The molecule has 0 aliphatic rings. The molecular weight excluding hydrogens is 188 g/mol. The van der Waals surface area contributed by atoms with Crippen LogP contribution in [0.15, 0.2) is 12.4 Å². The van der Waals surface area contributed by atoms with E-state index in [-0.39, 0.29) is 13.0 Å². The van der Waals surface area contributed by atoms with Gasteiger partial charge in [-0.1, -0.05) is 0 Å². The Morgan fingerprint density at radius 2 is 2.00 bits per heavy atom. The Kier molecular flexibility index (Phi) is 3.33. The second-order valence-corrected chi connectivity index (χ2v) is 3.24. The van der Waals surface area contributed by atoms with E-state index >= 15 is 0 Å². The molecule has 5 heteroatoms. The van der Waals surface area contributed by atoms with Gasteiger partial charge in [-0.15, -0.1) is 0 Å². The molecule has 1 N–H and O–H groups in total. The van der Waals surface area contributed by atoms with Crippen molar-refractivity contribution in [3.8, 4) is 0 Å². The number of anilines is 1. The predicted molar refractivity (Wildman–Crippen MR) is 50.5 cm³/mol. The number of hydrogen-bond acceptors (Lipinski definition) is 3. The highest BCUT2D eigenvalue weighted by Crippen LogP contribution is 2.16. The van der Waals surface area contributed by atoms with Gasteiger partial charge in [-0.3, -0.25) is 4.98 Å². The van der Waals surface area contributed by atoms with Crippen molar-refractivity contribution in [3.63, 3.8) is 0 Å². The lowest BCUT2D eigenvalue weighted by Crippen LogP contribution is -2.17. The van der Waals surface area contributed by atoms with Crippen LogP contribution in [0.5, 0.6) is 0 Å². The van der Waals surface area contributed by atoms with Gasteiger partial charge >= 0.3 is 0 Å². The van der Waals surface area contributed by atoms with E-state index in [1.807, 2.05) is 0 Å². The van der Waals surface area contributed by atoms with Crippen molar-refractivity contribution in [3.05, 3.63) is 18.1 Å². The number of nitrogens with one attached hydrogen (secondary N) is 1. The number of alkyl halides is 2. The van der Waals surface area contributed by atoms with E-state index in [9.17, 15) is 8.78 Å². The molecule has 0 atom stereocenters. The molecule has 3 nitrogen and oxygen atoms in total. The van der Waals surface area contributed by atoms with Gasteiger partial charge in [0.2, 0.25) is 5.92 Å². The molecule has 0 radical (unpaired) electrons. The number of hydrogen-bond donors (Lipinski definition) is 1. The number of nitrogens with zero attached hydrogens (tertiary/aromatic N) is 2. The molecule has 1 aromatic heterocycles. The minimum absolute atomic E-state index is 0.197. The summed E-state index contributed by atoms with van der Waals surface area (Å²) in [7, 11) is 0. The first-order valence-electron chi connectivity index (χ1n) is 4.38. The van der Waals surface area contributed by atoms with Gasteiger partial charge in [-0.05, 0) is 13.8 Å².